The van der Waals surface area contributed by atoms with Crippen molar-refractivity contribution in [2.24, 2.45) is 11.8 Å². The second-order valence-corrected chi connectivity index (χ2v) is 4.75. The van der Waals surface area contributed by atoms with E-state index in [2.05, 4.69) is 10.6 Å². The van der Waals surface area contributed by atoms with Gasteiger partial charge in [-0.05, 0) is 31.1 Å². The van der Waals surface area contributed by atoms with Gasteiger partial charge in [-0.3, -0.25) is 4.79 Å². The molecule has 2 saturated carbocycles. The molecule has 4 rings (SSSR count). The quantitative estimate of drug-likeness (QED) is 0.654. The van der Waals surface area contributed by atoms with Crippen molar-refractivity contribution in [3.8, 4) is 0 Å². The molecule has 4 aliphatic rings. The van der Waals surface area contributed by atoms with Gasteiger partial charge < -0.3 is 10.6 Å². The Bertz CT molecular complexity index is 223. The lowest BCUT2D eigenvalue weighted by molar-refractivity contribution is -0.123. The van der Waals surface area contributed by atoms with Gasteiger partial charge in [-0.15, -0.1) is 0 Å². The third-order valence-electron chi connectivity index (χ3n) is 3.64. The van der Waals surface area contributed by atoms with Crippen LogP contribution in [-0.4, -0.2) is 24.5 Å². The fourth-order valence-corrected chi connectivity index (χ4v) is 2.52. The third kappa shape index (κ3) is 1.35. The second-order valence-electron chi connectivity index (χ2n) is 4.75. The molecule has 1 amide bonds. The zero-order chi connectivity index (χ0) is 8.84. The Morgan fingerprint density at radius 2 is 2.31 bits per heavy atom. The maximum atomic E-state index is 11.5. The summed E-state index contributed by atoms with van der Waals surface area (Å²) in [6.45, 7) is 1.11. The van der Waals surface area contributed by atoms with Crippen molar-refractivity contribution < 1.29 is 4.79 Å². The molecule has 2 saturated heterocycles. The van der Waals surface area contributed by atoms with E-state index in [9.17, 15) is 4.79 Å². The Kier molecular flexibility index (Phi) is 1.62. The van der Waals surface area contributed by atoms with Crippen molar-refractivity contribution in [1.29, 1.82) is 0 Å². The third-order valence-corrected chi connectivity index (χ3v) is 3.64. The van der Waals surface area contributed by atoms with Crippen molar-refractivity contribution in [2.75, 3.05) is 6.54 Å². The van der Waals surface area contributed by atoms with Gasteiger partial charge in [0, 0.05) is 25.0 Å². The van der Waals surface area contributed by atoms with E-state index in [1.165, 1.54) is 19.3 Å². The minimum atomic E-state index is 0.283. The zero-order valence-corrected chi connectivity index (χ0v) is 7.75. The van der Waals surface area contributed by atoms with Crippen LogP contribution in [0.2, 0.25) is 0 Å². The maximum Gasteiger partial charge on any atom is 0.220 e. The minimum absolute atomic E-state index is 0.283. The zero-order valence-electron chi connectivity index (χ0n) is 7.75. The molecule has 3 atom stereocenters. The molecule has 0 aromatic carbocycles. The summed E-state index contributed by atoms with van der Waals surface area (Å²) in [6, 6.07) is 1.06. The van der Waals surface area contributed by atoms with E-state index in [-0.39, 0.29) is 5.91 Å². The first-order valence-electron chi connectivity index (χ1n) is 5.35. The van der Waals surface area contributed by atoms with Crippen LogP contribution in [0.25, 0.3) is 0 Å². The second kappa shape index (κ2) is 2.71. The van der Waals surface area contributed by atoms with Crippen LogP contribution in [0.4, 0.5) is 0 Å². The Labute approximate surface area is 78.3 Å². The highest BCUT2D eigenvalue weighted by molar-refractivity contribution is 5.77. The summed E-state index contributed by atoms with van der Waals surface area (Å²) in [4.78, 5) is 11.5. The summed E-state index contributed by atoms with van der Waals surface area (Å²) in [6.07, 6.45) is 4.58. The molecule has 0 radical (unpaired) electrons. The van der Waals surface area contributed by atoms with Crippen molar-refractivity contribution in [3.05, 3.63) is 0 Å². The van der Waals surface area contributed by atoms with Crippen LogP contribution in [0, 0.1) is 11.8 Å². The largest absolute Gasteiger partial charge is 0.351 e. The van der Waals surface area contributed by atoms with Crippen molar-refractivity contribution >= 4 is 5.91 Å². The van der Waals surface area contributed by atoms with E-state index in [0.717, 1.165) is 18.9 Å². The van der Waals surface area contributed by atoms with Crippen molar-refractivity contribution in [2.45, 2.75) is 37.8 Å². The lowest BCUT2D eigenvalue weighted by Crippen LogP contribution is -2.54. The van der Waals surface area contributed by atoms with E-state index >= 15 is 0 Å². The standard InChI is InChI=1S/C10H16N2O/c13-9(3-6-1-2-6)12-10-7-4-8(10)11-5-7/h6-8,10-11H,1-5H2,(H,12,13). The van der Waals surface area contributed by atoms with Crippen LogP contribution >= 0.6 is 0 Å². The predicted molar refractivity (Wildman–Crippen MR) is 49.2 cm³/mol. The normalized spacial score (nSPS) is 41.4. The van der Waals surface area contributed by atoms with E-state index < -0.39 is 0 Å². The Balaban J connectivity index is 1.49. The molecule has 0 spiro atoms. The van der Waals surface area contributed by atoms with Crippen LogP contribution in [0.3, 0.4) is 0 Å². The fourth-order valence-electron chi connectivity index (χ4n) is 2.52. The Hall–Kier alpha value is -0.570. The lowest BCUT2D eigenvalue weighted by Gasteiger charge is -2.35. The van der Waals surface area contributed by atoms with E-state index in [1.54, 1.807) is 0 Å². The van der Waals surface area contributed by atoms with Crippen LogP contribution in [0.1, 0.15) is 25.7 Å². The van der Waals surface area contributed by atoms with Crippen LogP contribution in [0.5, 0.6) is 0 Å². The molecule has 2 N–H and O–H groups in total. The van der Waals surface area contributed by atoms with Crippen LogP contribution < -0.4 is 10.6 Å². The summed E-state index contributed by atoms with van der Waals surface area (Å²) in [5.41, 5.74) is 0. The highest BCUT2D eigenvalue weighted by Crippen LogP contribution is 2.35. The van der Waals surface area contributed by atoms with Gasteiger partial charge in [0.05, 0.1) is 0 Å². The number of hydrogen-bond acceptors (Lipinski definition) is 2. The molecule has 2 heterocycles. The molecule has 2 aliphatic heterocycles. The monoisotopic (exact) mass is 180 g/mol. The van der Waals surface area contributed by atoms with Gasteiger partial charge in [0.2, 0.25) is 5.91 Å². The molecular formula is C10H16N2O. The first kappa shape index (κ1) is 7.80. The highest BCUT2D eigenvalue weighted by atomic mass is 16.1. The van der Waals surface area contributed by atoms with Gasteiger partial charge >= 0.3 is 0 Å². The van der Waals surface area contributed by atoms with Gasteiger partial charge in [0.1, 0.15) is 0 Å². The van der Waals surface area contributed by atoms with Gasteiger partial charge in [-0.1, -0.05) is 0 Å². The molecule has 0 aromatic heterocycles. The van der Waals surface area contributed by atoms with Crippen LogP contribution in [-0.2, 0) is 4.79 Å². The van der Waals surface area contributed by atoms with Gasteiger partial charge in [0.15, 0.2) is 0 Å². The lowest BCUT2D eigenvalue weighted by atomic mass is 9.80. The van der Waals surface area contributed by atoms with E-state index in [4.69, 9.17) is 0 Å². The van der Waals surface area contributed by atoms with E-state index in [0.29, 0.717) is 18.0 Å². The maximum absolute atomic E-state index is 11.5. The SMILES string of the molecule is O=C(CC1CC1)NC1C2CNC1C2. The molecule has 72 valence electrons. The smallest absolute Gasteiger partial charge is 0.220 e. The molecule has 13 heavy (non-hydrogen) atoms. The summed E-state index contributed by atoms with van der Waals surface area (Å²) in [5.74, 6) is 1.73. The van der Waals surface area contributed by atoms with Crippen molar-refractivity contribution in [3.63, 3.8) is 0 Å². The Morgan fingerprint density at radius 1 is 1.46 bits per heavy atom. The molecule has 2 bridgehead atoms. The molecule has 0 aromatic rings. The summed E-state index contributed by atoms with van der Waals surface area (Å²) < 4.78 is 0. The first-order valence-corrected chi connectivity index (χ1v) is 5.35. The minimum Gasteiger partial charge on any atom is -0.351 e. The van der Waals surface area contributed by atoms with Crippen molar-refractivity contribution in [1.82, 2.24) is 10.6 Å². The number of carbonyl (C=O) groups is 1. The number of rotatable bonds is 3. The summed E-state index contributed by atoms with van der Waals surface area (Å²) in [5, 5.41) is 6.55. The molecule has 3 nitrogen and oxygen atoms in total. The molecular weight excluding hydrogens is 164 g/mol. The van der Waals surface area contributed by atoms with Gasteiger partial charge in [0.25, 0.3) is 0 Å². The predicted octanol–water partition coefficient (Wildman–Crippen LogP) is 0.263. The topological polar surface area (TPSA) is 41.1 Å². The average Bonchev–Trinajstić information content (AvgIpc) is 2.68. The summed E-state index contributed by atoms with van der Waals surface area (Å²) >= 11 is 0. The Morgan fingerprint density at radius 3 is 2.85 bits per heavy atom. The number of fused-ring (bicyclic) bond motifs is 1. The highest BCUT2D eigenvalue weighted by Gasteiger charge is 2.47. The van der Waals surface area contributed by atoms with E-state index in [1.807, 2.05) is 0 Å². The van der Waals surface area contributed by atoms with Gasteiger partial charge in [-0.2, -0.15) is 0 Å². The molecule has 4 fully saturated rings. The number of nitrogens with one attached hydrogen (secondary N) is 2. The molecule has 3 unspecified atom stereocenters. The number of amides is 1. The fraction of sp³-hybridized carbons (Fsp3) is 0.900. The van der Waals surface area contributed by atoms with Gasteiger partial charge in [-0.25, -0.2) is 0 Å². The van der Waals surface area contributed by atoms with Crippen LogP contribution in [0.15, 0.2) is 0 Å². The number of carbonyl (C=O) groups excluding carboxylic acids is 1. The molecule has 3 heteroatoms. The number of hydrogen-bond donors (Lipinski definition) is 2. The first-order chi connectivity index (χ1) is 6.33. The summed E-state index contributed by atoms with van der Waals surface area (Å²) in [7, 11) is 0. The average molecular weight is 180 g/mol. The molecule has 2 aliphatic carbocycles.